The van der Waals surface area contributed by atoms with E-state index in [0.29, 0.717) is 12.1 Å². The Labute approximate surface area is 126 Å². The lowest BCUT2D eigenvalue weighted by Gasteiger charge is -2.11. The first-order chi connectivity index (χ1) is 9.66. The molecule has 0 radical (unpaired) electrons. The number of carbonyl (C=O) groups excluding carboxylic acids is 1. The van der Waals surface area contributed by atoms with Gasteiger partial charge >= 0.3 is 0 Å². The van der Waals surface area contributed by atoms with Crippen molar-refractivity contribution in [1.82, 2.24) is 0 Å². The van der Waals surface area contributed by atoms with Gasteiger partial charge < -0.3 is 5.41 Å². The second-order valence-corrected chi connectivity index (χ2v) is 6.00. The zero-order valence-electron chi connectivity index (χ0n) is 10.8. The number of carbonyl (C=O) groups is 1. The molecule has 1 aliphatic rings. The van der Waals surface area contributed by atoms with E-state index in [1.54, 1.807) is 0 Å². The third kappa shape index (κ3) is 2.34. The summed E-state index contributed by atoms with van der Waals surface area (Å²) in [7, 11) is 0. The topological polar surface area (TPSA) is 40.9 Å². The van der Waals surface area contributed by atoms with E-state index in [4.69, 9.17) is 5.41 Å². The molecule has 1 N–H and O–H groups in total. The molecular formula is C17H14BrNO. The van der Waals surface area contributed by atoms with Crippen molar-refractivity contribution in [1.29, 1.82) is 5.41 Å². The predicted molar refractivity (Wildman–Crippen MR) is 83.4 cm³/mol. The van der Waals surface area contributed by atoms with Gasteiger partial charge in [-0.05, 0) is 29.7 Å². The smallest absolute Gasteiger partial charge is 0.153 e. The normalized spacial score (nSPS) is 22.2. The summed E-state index contributed by atoms with van der Waals surface area (Å²) >= 11 is 3.43. The van der Waals surface area contributed by atoms with E-state index in [-0.39, 0.29) is 11.7 Å². The van der Waals surface area contributed by atoms with Gasteiger partial charge in [0.2, 0.25) is 0 Å². The molecule has 0 saturated heterocycles. The van der Waals surface area contributed by atoms with Crippen molar-refractivity contribution in [2.75, 3.05) is 0 Å². The van der Waals surface area contributed by atoms with Crippen LogP contribution in [0.1, 0.15) is 29.4 Å². The van der Waals surface area contributed by atoms with Crippen LogP contribution in [-0.2, 0) is 4.79 Å². The maximum absolute atomic E-state index is 12.7. The molecule has 1 fully saturated rings. The largest absolute Gasteiger partial charge is 0.309 e. The minimum atomic E-state index is -0.391. The van der Waals surface area contributed by atoms with Gasteiger partial charge in [-0.3, -0.25) is 4.79 Å². The van der Waals surface area contributed by atoms with E-state index < -0.39 is 5.92 Å². The molecule has 3 heteroatoms. The van der Waals surface area contributed by atoms with Crippen LogP contribution in [-0.4, -0.2) is 11.5 Å². The number of ketones is 1. The minimum absolute atomic E-state index is 0.138. The fourth-order valence-corrected chi connectivity index (χ4v) is 3.25. The first-order valence-corrected chi connectivity index (χ1v) is 7.37. The summed E-state index contributed by atoms with van der Waals surface area (Å²) in [5, 5.41) is 8.19. The Kier molecular flexibility index (Phi) is 3.53. The SMILES string of the molecule is N=C1CC(c2ccccc2)C(=O)C1c1cccc(Br)c1. The first kappa shape index (κ1) is 13.3. The first-order valence-electron chi connectivity index (χ1n) is 6.58. The van der Waals surface area contributed by atoms with E-state index in [0.717, 1.165) is 15.6 Å². The second-order valence-electron chi connectivity index (χ2n) is 5.08. The van der Waals surface area contributed by atoms with Gasteiger partial charge in [0.25, 0.3) is 0 Å². The van der Waals surface area contributed by atoms with Crippen molar-refractivity contribution in [3.8, 4) is 0 Å². The van der Waals surface area contributed by atoms with E-state index in [2.05, 4.69) is 15.9 Å². The Bertz CT molecular complexity index is 666. The maximum Gasteiger partial charge on any atom is 0.153 e. The number of halogens is 1. The number of hydrogen-bond donors (Lipinski definition) is 1. The second kappa shape index (κ2) is 5.33. The Morgan fingerprint density at radius 2 is 1.70 bits per heavy atom. The highest BCUT2D eigenvalue weighted by molar-refractivity contribution is 9.10. The van der Waals surface area contributed by atoms with Crippen LogP contribution in [0.25, 0.3) is 0 Å². The monoisotopic (exact) mass is 327 g/mol. The molecule has 2 atom stereocenters. The Hall–Kier alpha value is -1.74. The van der Waals surface area contributed by atoms with Gasteiger partial charge in [0.1, 0.15) is 0 Å². The fraction of sp³-hybridized carbons (Fsp3) is 0.176. The van der Waals surface area contributed by atoms with Gasteiger partial charge in [0.15, 0.2) is 5.78 Å². The predicted octanol–water partition coefficient (Wildman–Crippen LogP) is 4.31. The molecule has 0 aliphatic heterocycles. The molecule has 3 rings (SSSR count). The van der Waals surface area contributed by atoms with E-state index in [1.165, 1.54) is 0 Å². The van der Waals surface area contributed by atoms with Gasteiger partial charge in [-0.25, -0.2) is 0 Å². The van der Waals surface area contributed by atoms with Crippen LogP contribution in [0.4, 0.5) is 0 Å². The number of rotatable bonds is 2. The van der Waals surface area contributed by atoms with Crippen molar-refractivity contribution in [2.45, 2.75) is 18.3 Å². The van der Waals surface area contributed by atoms with Crippen molar-refractivity contribution in [3.05, 3.63) is 70.2 Å². The van der Waals surface area contributed by atoms with E-state index in [1.807, 2.05) is 54.6 Å². The summed E-state index contributed by atoms with van der Waals surface area (Å²) in [6.07, 6.45) is 0.528. The lowest BCUT2D eigenvalue weighted by atomic mass is 9.91. The zero-order valence-corrected chi connectivity index (χ0v) is 12.4. The van der Waals surface area contributed by atoms with Gasteiger partial charge in [-0.1, -0.05) is 58.4 Å². The third-order valence-corrected chi connectivity index (χ3v) is 4.28. The van der Waals surface area contributed by atoms with Gasteiger partial charge in [0, 0.05) is 16.1 Å². The van der Waals surface area contributed by atoms with Crippen molar-refractivity contribution in [3.63, 3.8) is 0 Å². The Morgan fingerprint density at radius 3 is 2.40 bits per heavy atom. The average molecular weight is 328 g/mol. The molecule has 20 heavy (non-hydrogen) atoms. The maximum atomic E-state index is 12.7. The average Bonchev–Trinajstić information content (AvgIpc) is 2.75. The third-order valence-electron chi connectivity index (χ3n) is 3.78. The van der Waals surface area contributed by atoms with E-state index in [9.17, 15) is 4.79 Å². The molecule has 0 bridgehead atoms. The number of hydrogen-bond acceptors (Lipinski definition) is 2. The summed E-state index contributed by atoms with van der Waals surface area (Å²) in [5.41, 5.74) is 2.44. The molecule has 0 spiro atoms. The highest BCUT2D eigenvalue weighted by Gasteiger charge is 2.40. The molecule has 1 aliphatic carbocycles. The van der Waals surface area contributed by atoms with Crippen LogP contribution in [0.2, 0.25) is 0 Å². The zero-order chi connectivity index (χ0) is 14.1. The van der Waals surface area contributed by atoms with Crippen LogP contribution >= 0.6 is 15.9 Å². The summed E-state index contributed by atoms with van der Waals surface area (Å²) in [5.74, 6) is -0.426. The molecule has 2 nitrogen and oxygen atoms in total. The highest BCUT2D eigenvalue weighted by atomic mass is 79.9. The van der Waals surface area contributed by atoms with Gasteiger partial charge in [0.05, 0.1) is 5.92 Å². The molecule has 1 saturated carbocycles. The van der Waals surface area contributed by atoms with Crippen LogP contribution in [0.15, 0.2) is 59.1 Å². The molecule has 2 aromatic rings. The number of benzene rings is 2. The standard InChI is InChI=1S/C17H14BrNO/c18-13-8-4-7-12(9-13)16-15(19)10-14(17(16)20)11-5-2-1-3-6-11/h1-9,14,16,19H,10H2. The molecule has 0 aromatic heterocycles. The number of nitrogens with one attached hydrogen (secondary N) is 1. The Balaban J connectivity index is 1.95. The minimum Gasteiger partial charge on any atom is -0.309 e. The lowest BCUT2D eigenvalue weighted by molar-refractivity contribution is -0.119. The van der Waals surface area contributed by atoms with Crippen molar-refractivity contribution < 1.29 is 4.79 Å². The lowest BCUT2D eigenvalue weighted by Crippen LogP contribution is -2.14. The quantitative estimate of drug-likeness (QED) is 0.877. The van der Waals surface area contributed by atoms with Crippen LogP contribution < -0.4 is 0 Å². The molecule has 2 aromatic carbocycles. The molecule has 2 unspecified atom stereocenters. The molecule has 100 valence electrons. The fourth-order valence-electron chi connectivity index (χ4n) is 2.83. The van der Waals surface area contributed by atoms with Crippen molar-refractivity contribution >= 4 is 27.4 Å². The summed E-state index contributed by atoms with van der Waals surface area (Å²) in [6, 6.07) is 17.5. The molecule has 0 heterocycles. The summed E-state index contributed by atoms with van der Waals surface area (Å²) in [4.78, 5) is 12.7. The Morgan fingerprint density at radius 1 is 1.00 bits per heavy atom. The highest BCUT2D eigenvalue weighted by Crippen LogP contribution is 2.38. The van der Waals surface area contributed by atoms with E-state index >= 15 is 0 Å². The van der Waals surface area contributed by atoms with Crippen LogP contribution in [0.5, 0.6) is 0 Å². The van der Waals surface area contributed by atoms with Gasteiger partial charge in [-0.15, -0.1) is 0 Å². The molecular weight excluding hydrogens is 314 g/mol. The molecule has 0 amide bonds. The van der Waals surface area contributed by atoms with Crippen molar-refractivity contribution in [2.24, 2.45) is 0 Å². The van der Waals surface area contributed by atoms with Crippen LogP contribution in [0, 0.1) is 5.41 Å². The summed E-state index contributed by atoms with van der Waals surface area (Å²) < 4.78 is 0.943. The summed E-state index contributed by atoms with van der Waals surface area (Å²) in [6.45, 7) is 0. The number of Topliss-reactive ketones (excluding diaryl/α,β-unsaturated/α-hetero) is 1. The van der Waals surface area contributed by atoms with Crippen LogP contribution in [0.3, 0.4) is 0 Å². The van der Waals surface area contributed by atoms with Gasteiger partial charge in [-0.2, -0.15) is 0 Å².